The largest absolute Gasteiger partial charge is 0.423 e. The first kappa shape index (κ1) is 14.1. The van der Waals surface area contributed by atoms with Crippen LogP contribution in [0.2, 0.25) is 0 Å². The fraction of sp³-hybridized carbons (Fsp3) is 0.111. The zero-order chi connectivity index (χ0) is 15.2. The number of nitro groups is 1. The minimum absolute atomic E-state index is 0.174. The van der Waals surface area contributed by atoms with Crippen molar-refractivity contribution in [2.24, 2.45) is 0 Å². The van der Waals surface area contributed by atoms with E-state index in [1.807, 2.05) is 4.98 Å². The highest BCUT2D eigenvalue weighted by Crippen LogP contribution is 2.37. The van der Waals surface area contributed by atoms with Crippen LogP contribution in [0.4, 0.5) is 18.9 Å². The third kappa shape index (κ3) is 2.13. The van der Waals surface area contributed by atoms with E-state index in [1.165, 1.54) is 0 Å². The SMILES string of the molecule is O=c1[nH]c2cc([N+](=O)[O-])c(C(F)(F)F)cc2n(Cl)c1=O. The summed E-state index contributed by atoms with van der Waals surface area (Å²) in [5, 5.41) is 10.7. The van der Waals surface area contributed by atoms with Crippen LogP contribution < -0.4 is 11.1 Å². The lowest BCUT2D eigenvalue weighted by Gasteiger charge is -2.09. The molecule has 106 valence electrons. The molecule has 0 fully saturated rings. The molecule has 2 aromatic rings. The Morgan fingerprint density at radius 1 is 1.30 bits per heavy atom. The van der Waals surface area contributed by atoms with Gasteiger partial charge in [-0.25, -0.2) is 4.09 Å². The molecule has 0 unspecified atom stereocenters. The van der Waals surface area contributed by atoms with Crippen molar-refractivity contribution < 1.29 is 18.1 Å². The monoisotopic (exact) mass is 309 g/mol. The van der Waals surface area contributed by atoms with Crippen LogP contribution >= 0.6 is 11.8 Å². The number of H-pyrrole nitrogens is 1. The number of benzene rings is 1. The van der Waals surface area contributed by atoms with Gasteiger partial charge in [-0.1, -0.05) is 0 Å². The summed E-state index contributed by atoms with van der Waals surface area (Å²) in [4.78, 5) is 33.7. The lowest BCUT2D eigenvalue weighted by Crippen LogP contribution is -2.33. The molecular formula is C9H3ClF3N3O4. The van der Waals surface area contributed by atoms with Gasteiger partial charge < -0.3 is 4.98 Å². The van der Waals surface area contributed by atoms with Crippen LogP contribution in [0.15, 0.2) is 21.7 Å². The van der Waals surface area contributed by atoms with E-state index in [2.05, 4.69) is 0 Å². The summed E-state index contributed by atoms with van der Waals surface area (Å²) in [6.07, 6.45) is -5.01. The summed E-state index contributed by atoms with van der Waals surface area (Å²) in [7, 11) is 0. The van der Waals surface area contributed by atoms with Gasteiger partial charge >= 0.3 is 17.3 Å². The number of aromatic nitrogens is 2. The Labute approximate surface area is 111 Å². The van der Waals surface area contributed by atoms with E-state index in [9.17, 15) is 32.9 Å². The smallest absolute Gasteiger partial charge is 0.316 e. The van der Waals surface area contributed by atoms with Gasteiger partial charge in [-0.2, -0.15) is 13.2 Å². The van der Waals surface area contributed by atoms with E-state index in [-0.39, 0.29) is 9.60 Å². The predicted molar refractivity (Wildman–Crippen MR) is 61.7 cm³/mol. The van der Waals surface area contributed by atoms with Crippen LogP contribution in [0.1, 0.15) is 5.56 Å². The van der Waals surface area contributed by atoms with Crippen molar-refractivity contribution in [3.8, 4) is 0 Å². The average Bonchev–Trinajstić information content (AvgIpc) is 2.33. The second kappa shape index (κ2) is 4.34. The van der Waals surface area contributed by atoms with Crippen LogP contribution in [0.25, 0.3) is 11.0 Å². The molecule has 2 rings (SSSR count). The van der Waals surface area contributed by atoms with E-state index >= 15 is 0 Å². The Kier molecular flexibility index (Phi) is 3.05. The van der Waals surface area contributed by atoms with E-state index < -0.39 is 39.0 Å². The van der Waals surface area contributed by atoms with Gasteiger partial charge in [0.15, 0.2) is 0 Å². The fourth-order valence-electron chi connectivity index (χ4n) is 1.59. The predicted octanol–water partition coefficient (Wildman–Crippen LogP) is 1.62. The van der Waals surface area contributed by atoms with Crippen LogP contribution in [0.5, 0.6) is 0 Å². The Hall–Kier alpha value is -2.36. The van der Waals surface area contributed by atoms with Crippen molar-refractivity contribution in [1.29, 1.82) is 0 Å². The van der Waals surface area contributed by atoms with Crippen LogP contribution in [-0.2, 0) is 6.18 Å². The molecule has 0 aliphatic rings. The Morgan fingerprint density at radius 3 is 2.40 bits per heavy atom. The van der Waals surface area contributed by atoms with Gasteiger partial charge in [-0.05, 0) is 6.07 Å². The number of nitrogens with zero attached hydrogens (tertiary/aromatic N) is 2. The molecular weight excluding hydrogens is 307 g/mol. The minimum atomic E-state index is -5.01. The van der Waals surface area contributed by atoms with Crippen molar-refractivity contribution in [1.82, 2.24) is 9.07 Å². The lowest BCUT2D eigenvalue weighted by atomic mass is 10.1. The number of alkyl halides is 3. The number of nitrogens with one attached hydrogen (secondary N) is 1. The van der Waals surface area contributed by atoms with Crippen LogP contribution in [0, 0.1) is 10.1 Å². The third-order valence-corrected chi connectivity index (χ3v) is 2.78. The summed E-state index contributed by atoms with van der Waals surface area (Å²) in [5.74, 6) is 0. The molecule has 0 bridgehead atoms. The van der Waals surface area contributed by atoms with Gasteiger partial charge in [0.2, 0.25) is 0 Å². The fourth-order valence-corrected chi connectivity index (χ4v) is 1.81. The first-order valence-corrected chi connectivity index (χ1v) is 5.17. The number of halogens is 4. The van der Waals surface area contributed by atoms with Crippen LogP contribution in [-0.4, -0.2) is 14.0 Å². The maximum Gasteiger partial charge on any atom is 0.423 e. The number of fused-ring (bicyclic) bond motifs is 1. The highest BCUT2D eigenvalue weighted by molar-refractivity contribution is 6.18. The Balaban J connectivity index is 3.01. The molecule has 0 radical (unpaired) electrons. The van der Waals surface area contributed by atoms with E-state index in [0.29, 0.717) is 12.1 Å². The molecule has 0 aliphatic carbocycles. The number of hydrogen-bond acceptors (Lipinski definition) is 4. The van der Waals surface area contributed by atoms with Gasteiger partial charge in [-0.15, -0.1) is 0 Å². The molecule has 1 heterocycles. The molecule has 0 amide bonds. The molecule has 11 heteroatoms. The number of hydrogen-bond donors (Lipinski definition) is 1. The highest BCUT2D eigenvalue weighted by atomic mass is 35.5. The zero-order valence-corrected chi connectivity index (χ0v) is 9.95. The average molecular weight is 310 g/mol. The van der Waals surface area contributed by atoms with Gasteiger partial charge in [0.1, 0.15) is 5.56 Å². The summed E-state index contributed by atoms with van der Waals surface area (Å²) >= 11 is 5.43. The molecule has 0 spiro atoms. The molecule has 0 saturated heterocycles. The second-order valence-electron chi connectivity index (χ2n) is 3.68. The van der Waals surface area contributed by atoms with Crippen molar-refractivity contribution in [3.05, 3.63) is 48.5 Å². The number of nitro benzene ring substituents is 1. The zero-order valence-electron chi connectivity index (χ0n) is 9.19. The molecule has 1 N–H and O–H groups in total. The maximum absolute atomic E-state index is 12.7. The van der Waals surface area contributed by atoms with Crippen molar-refractivity contribution >= 4 is 28.5 Å². The second-order valence-corrected chi connectivity index (χ2v) is 4.02. The van der Waals surface area contributed by atoms with Crippen molar-refractivity contribution in [3.63, 3.8) is 0 Å². The normalized spacial score (nSPS) is 11.8. The first-order chi connectivity index (χ1) is 9.12. The number of aromatic amines is 1. The summed E-state index contributed by atoms with van der Waals surface area (Å²) < 4.78 is 38.4. The van der Waals surface area contributed by atoms with Crippen molar-refractivity contribution in [2.45, 2.75) is 6.18 Å². The molecule has 0 atom stereocenters. The molecule has 1 aromatic carbocycles. The van der Waals surface area contributed by atoms with Gasteiger partial charge in [0, 0.05) is 17.8 Å². The topological polar surface area (TPSA) is 98.0 Å². The third-order valence-electron chi connectivity index (χ3n) is 2.45. The lowest BCUT2D eigenvalue weighted by molar-refractivity contribution is -0.387. The van der Waals surface area contributed by atoms with E-state index in [1.54, 1.807) is 0 Å². The summed E-state index contributed by atoms with van der Waals surface area (Å²) in [6.45, 7) is 0. The van der Waals surface area contributed by atoms with E-state index in [4.69, 9.17) is 11.8 Å². The standard InChI is InChI=1S/C9H3ClF3N3O4/c10-15-6-1-3(9(11,12)13)5(16(19)20)2-4(6)14-7(17)8(15)18/h1-2H,(H,14,17). The molecule has 0 aliphatic heterocycles. The molecule has 1 aromatic heterocycles. The van der Waals surface area contributed by atoms with Gasteiger partial charge in [0.05, 0.1) is 16.0 Å². The summed E-state index contributed by atoms with van der Waals surface area (Å²) in [5.41, 5.74) is -6.17. The van der Waals surface area contributed by atoms with Gasteiger partial charge in [-0.3, -0.25) is 19.7 Å². The highest BCUT2D eigenvalue weighted by Gasteiger charge is 2.39. The Bertz CT molecular complexity index is 839. The molecule has 7 nitrogen and oxygen atoms in total. The first-order valence-electron chi connectivity index (χ1n) is 4.83. The quantitative estimate of drug-likeness (QED) is 0.491. The molecule has 20 heavy (non-hydrogen) atoms. The maximum atomic E-state index is 12.7. The molecule has 0 saturated carbocycles. The number of rotatable bonds is 1. The minimum Gasteiger partial charge on any atom is -0.316 e. The van der Waals surface area contributed by atoms with E-state index in [0.717, 1.165) is 0 Å². The Morgan fingerprint density at radius 2 is 1.90 bits per heavy atom. The van der Waals surface area contributed by atoms with Crippen molar-refractivity contribution in [2.75, 3.05) is 0 Å². The van der Waals surface area contributed by atoms with Gasteiger partial charge in [0.25, 0.3) is 5.69 Å². The summed E-state index contributed by atoms with van der Waals surface area (Å²) in [6, 6.07) is 0.829. The van der Waals surface area contributed by atoms with Crippen LogP contribution in [0.3, 0.4) is 0 Å².